The molecule has 0 aromatic heterocycles. The number of nitrogens with zero attached hydrogens (tertiary/aromatic N) is 1. The molecule has 5 nitrogen and oxygen atoms in total. The lowest BCUT2D eigenvalue weighted by Gasteiger charge is -2.14. The van der Waals surface area contributed by atoms with Crippen molar-refractivity contribution in [2.24, 2.45) is 5.14 Å². The van der Waals surface area contributed by atoms with Crippen LogP contribution in [-0.2, 0) is 16.4 Å². The van der Waals surface area contributed by atoms with Gasteiger partial charge in [-0.25, -0.2) is 13.6 Å². The highest BCUT2D eigenvalue weighted by molar-refractivity contribution is 7.89. The summed E-state index contributed by atoms with van der Waals surface area (Å²) >= 11 is 0. The maximum atomic E-state index is 11.4. The van der Waals surface area contributed by atoms with Gasteiger partial charge in [0.05, 0.1) is 4.90 Å². The fourth-order valence-corrected chi connectivity index (χ4v) is 3.81. The average molecular weight is 372 g/mol. The number of fused-ring (bicyclic) bond motifs is 1. The first-order valence-corrected chi connectivity index (χ1v) is 10.2. The van der Waals surface area contributed by atoms with Crippen LogP contribution in [0.1, 0.15) is 24.5 Å². The summed E-state index contributed by atoms with van der Waals surface area (Å²) in [6, 6.07) is 12.9. The molecular formula is C20H25N3O2S. The molecule has 2 aromatic carbocycles. The Morgan fingerprint density at radius 2 is 1.73 bits per heavy atom. The molecule has 0 unspecified atom stereocenters. The molecule has 0 bridgehead atoms. The van der Waals surface area contributed by atoms with E-state index in [1.165, 1.54) is 34.4 Å². The summed E-state index contributed by atoms with van der Waals surface area (Å²) in [6.07, 6.45) is 2.06. The standard InChI is InChI=1S/C20H25N3O2S/c1-14-12-15-4-5-17(13-20(15)19(14)10-11-23(2)3)22-16-6-8-18(9-7-16)26(21,24)25/h4-9,13,22H,10-12H2,1-3H3,(H2,21,24,25). The van der Waals surface area contributed by atoms with Crippen LogP contribution in [0.15, 0.2) is 52.9 Å². The minimum absolute atomic E-state index is 0.113. The van der Waals surface area contributed by atoms with E-state index in [4.69, 9.17) is 5.14 Å². The van der Waals surface area contributed by atoms with Crippen LogP contribution in [0, 0.1) is 0 Å². The molecule has 1 aliphatic rings. The lowest BCUT2D eigenvalue weighted by molar-refractivity contribution is 0.419. The molecule has 0 fully saturated rings. The van der Waals surface area contributed by atoms with Crippen LogP contribution in [0.5, 0.6) is 0 Å². The van der Waals surface area contributed by atoms with Crippen molar-refractivity contribution in [2.45, 2.75) is 24.7 Å². The number of nitrogens with one attached hydrogen (secondary N) is 1. The predicted octanol–water partition coefficient (Wildman–Crippen LogP) is 3.36. The summed E-state index contributed by atoms with van der Waals surface area (Å²) in [5, 5.41) is 8.49. The van der Waals surface area contributed by atoms with Crippen molar-refractivity contribution in [3.8, 4) is 0 Å². The Hall–Kier alpha value is -2.15. The second kappa shape index (κ2) is 7.23. The Labute approximate surface area is 155 Å². The molecule has 1 aliphatic carbocycles. The molecule has 0 radical (unpaired) electrons. The van der Waals surface area contributed by atoms with E-state index in [1.807, 2.05) is 0 Å². The number of rotatable bonds is 6. The maximum absolute atomic E-state index is 11.4. The number of anilines is 2. The highest BCUT2D eigenvalue weighted by atomic mass is 32.2. The van der Waals surface area contributed by atoms with Gasteiger partial charge in [-0.2, -0.15) is 0 Å². The van der Waals surface area contributed by atoms with E-state index in [0.717, 1.165) is 30.8 Å². The van der Waals surface area contributed by atoms with Crippen molar-refractivity contribution in [2.75, 3.05) is 26.0 Å². The van der Waals surface area contributed by atoms with Gasteiger partial charge in [0, 0.05) is 17.9 Å². The number of benzene rings is 2. The Morgan fingerprint density at radius 3 is 2.35 bits per heavy atom. The zero-order valence-corrected chi connectivity index (χ0v) is 16.2. The summed E-state index contributed by atoms with van der Waals surface area (Å²) < 4.78 is 22.7. The number of sulfonamides is 1. The van der Waals surface area contributed by atoms with Crippen LogP contribution in [0.3, 0.4) is 0 Å². The molecule has 0 amide bonds. The van der Waals surface area contributed by atoms with E-state index in [1.54, 1.807) is 12.1 Å². The van der Waals surface area contributed by atoms with Gasteiger partial charge >= 0.3 is 0 Å². The second-order valence-corrected chi connectivity index (χ2v) is 8.62. The largest absolute Gasteiger partial charge is 0.356 e. The van der Waals surface area contributed by atoms with Crippen LogP contribution < -0.4 is 10.5 Å². The SMILES string of the molecule is CC1=C(CCN(C)C)c2cc(Nc3ccc(S(N)(=O)=O)cc3)ccc2C1. The highest BCUT2D eigenvalue weighted by Gasteiger charge is 2.19. The molecule has 0 saturated heterocycles. The fraction of sp³-hybridized carbons (Fsp3) is 0.300. The van der Waals surface area contributed by atoms with E-state index in [-0.39, 0.29) is 4.90 Å². The number of hydrogen-bond donors (Lipinski definition) is 2. The van der Waals surface area contributed by atoms with Gasteiger partial charge in [-0.3, -0.25) is 0 Å². The Bertz CT molecular complexity index is 946. The van der Waals surface area contributed by atoms with E-state index >= 15 is 0 Å². The van der Waals surface area contributed by atoms with Crippen LogP contribution >= 0.6 is 0 Å². The zero-order chi connectivity index (χ0) is 18.9. The first-order valence-electron chi connectivity index (χ1n) is 8.60. The third kappa shape index (κ3) is 4.15. The van der Waals surface area contributed by atoms with Crippen molar-refractivity contribution < 1.29 is 8.42 Å². The van der Waals surface area contributed by atoms with E-state index in [0.29, 0.717) is 0 Å². The number of allylic oxidation sites excluding steroid dienone is 1. The van der Waals surface area contributed by atoms with Crippen molar-refractivity contribution in [3.63, 3.8) is 0 Å². The van der Waals surface area contributed by atoms with Crippen molar-refractivity contribution >= 4 is 27.0 Å². The normalized spacial score (nSPS) is 14.0. The first kappa shape index (κ1) is 18.6. The van der Waals surface area contributed by atoms with Gasteiger partial charge in [-0.15, -0.1) is 0 Å². The second-order valence-electron chi connectivity index (χ2n) is 7.06. The average Bonchev–Trinajstić information content (AvgIpc) is 2.87. The molecule has 0 atom stereocenters. The summed E-state index contributed by atoms with van der Waals surface area (Å²) in [6.45, 7) is 3.24. The van der Waals surface area contributed by atoms with Gasteiger partial charge in [0.1, 0.15) is 0 Å². The lowest BCUT2D eigenvalue weighted by Crippen LogP contribution is -2.13. The summed E-state index contributed by atoms with van der Waals surface area (Å²) in [4.78, 5) is 2.31. The van der Waals surface area contributed by atoms with Gasteiger partial charge in [-0.1, -0.05) is 11.6 Å². The van der Waals surface area contributed by atoms with E-state index < -0.39 is 10.0 Å². The van der Waals surface area contributed by atoms with Gasteiger partial charge in [0.15, 0.2) is 0 Å². The lowest BCUT2D eigenvalue weighted by atomic mass is 10.0. The molecule has 3 N–H and O–H groups in total. The third-order valence-electron chi connectivity index (χ3n) is 4.69. The van der Waals surface area contributed by atoms with E-state index in [9.17, 15) is 8.42 Å². The quantitative estimate of drug-likeness (QED) is 0.816. The Kier molecular flexibility index (Phi) is 5.18. The first-order chi connectivity index (χ1) is 12.2. The minimum atomic E-state index is -3.67. The third-order valence-corrected chi connectivity index (χ3v) is 5.62. The van der Waals surface area contributed by atoms with Crippen LogP contribution in [-0.4, -0.2) is 34.0 Å². The van der Waals surface area contributed by atoms with Crippen LogP contribution in [0.2, 0.25) is 0 Å². The minimum Gasteiger partial charge on any atom is -0.356 e. The Morgan fingerprint density at radius 1 is 1.08 bits per heavy atom. The van der Waals surface area contributed by atoms with Crippen molar-refractivity contribution in [1.29, 1.82) is 0 Å². The molecule has 0 saturated carbocycles. The maximum Gasteiger partial charge on any atom is 0.238 e. The molecule has 3 rings (SSSR count). The van der Waals surface area contributed by atoms with Gasteiger partial charge in [0.25, 0.3) is 0 Å². The molecule has 6 heteroatoms. The van der Waals surface area contributed by atoms with Crippen molar-refractivity contribution in [3.05, 3.63) is 59.2 Å². The number of primary sulfonamides is 1. The molecule has 0 heterocycles. The van der Waals surface area contributed by atoms with E-state index in [2.05, 4.69) is 49.4 Å². The summed E-state index contributed by atoms with van der Waals surface area (Å²) in [5.41, 5.74) is 7.37. The molecule has 2 aromatic rings. The van der Waals surface area contributed by atoms with Gasteiger partial charge < -0.3 is 10.2 Å². The van der Waals surface area contributed by atoms with Crippen LogP contribution in [0.4, 0.5) is 11.4 Å². The molecule has 26 heavy (non-hydrogen) atoms. The summed E-state index contributed by atoms with van der Waals surface area (Å²) in [5.74, 6) is 0. The van der Waals surface area contributed by atoms with Crippen molar-refractivity contribution in [1.82, 2.24) is 4.90 Å². The molecule has 138 valence electrons. The predicted molar refractivity (Wildman–Crippen MR) is 107 cm³/mol. The molecular weight excluding hydrogens is 346 g/mol. The van der Waals surface area contributed by atoms with Crippen LogP contribution in [0.25, 0.3) is 5.57 Å². The fourth-order valence-electron chi connectivity index (χ4n) is 3.29. The number of nitrogens with two attached hydrogens (primary N) is 1. The van der Waals surface area contributed by atoms with Gasteiger partial charge in [0.2, 0.25) is 10.0 Å². The monoisotopic (exact) mass is 371 g/mol. The topological polar surface area (TPSA) is 75.4 Å². The summed E-state index contributed by atoms with van der Waals surface area (Å²) in [7, 11) is 0.519. The molecule has 0 aliphatic heterocycles. The number of hydrogen-bond acceptors (Lipinski definition) is 4. The smallest absolute Gasteiger partial charge is 0.238 e. The zero-order valence-electron chi connectivity index (χ0n) is 15.4. The Balaban J connectivity index is 1.81. The van der Waals surface area contributed by atoms with Gasteiger partial charge in [-0.05, 0) is 87.0 Å². The highest BCUT2D eigenvalue weighted by Crippen LogP contribution is 2.37. The molecule has 0 spiro atoms.